The summed E-state index contributed by atoms with van der Waals surface area (Å²) in [5.41, 5.74) is 6.71. The van der Waals surface area contributed by atoms with Crippen LogP contribution in [0.2, 0.25) is 0 Å². The summed E-state index contributed by atoms with van der Waals surface area (Å²) < 4.78 is 1.96. The van der Waals surface area contributed by atoms with Crippen LogP contribution in [0.5, 0.6) is 0 Å². The molecule has 0 aliphatic carbocycles. The highest BCUT2D eigenvalue weighted by Crippen LogP contribution is 2.34. The molecule has 1 amide bonds. The van der Waals surface area contributed by atoms with E-state index in [0.29, 0.717) is 10.6 Å². The van der Waals surface area contributed by atoms with Crippen LogP contribution in [0.25, 0.3) is 10.2 Å². The van der Waals surface area contributed by atoms with E-state index < -0.39 is 5.91 Å². The van der Waals surface area contributed by atoms with Gasteiger partial charge in [0.2, 0.25) is 0 Å². The number of nitrogens with zero attached hydrogens (tertiary/aromatic N) is 2. The van der Waals surface area contributed by atoms with Crippen molar-refractivity contribution in [2.45, 2.75) is 9.37 Å². The number of carbonyl (C=O) groups excluding carboxylic acids is 1. The van der Waals surface area contributed by atoms with Crippen molar-refractivity contribution in [3.05, 3.63) is 48.2 Å². The number of hydrogen-bond acceptors (Lipinski definition) is 5. The van der Waals surface area contributed by atoms with Crippen LogP contribution in [0.3, 0.4) is 0 Å². The van der Waals surface area contributed by atoms with E-state index in [9.17, 15) is 4.79 Å². The van der Waals surface area contributed by atoms with Crippen molar-refractivity contribution in [2.24, 2.45) is 5.73 Å². The second kappa shape index (κ2) is 4.99. The number of primary amides is 1. The molecule has 0 saturated carbocycles. The number of nitrogens with two attached hydrogens (primary N) is 1. The molecule has 2 heterocycles. The standard InChI is InChI=1S/C13H9N3OS2/c14-11(17)8-4-3-7-15-12(8)19-13-16-9-5-1-2-6-10(9)18-13/h1-7H,(H2,14,17). The molecule has 0 saturated heterocycles. The number of benzene rings is 1. The third-order valence-corrected chi connectivity index (χ3v) is 4.61. The molecular weight excluding hydrogens is 278 g/mol. The zero-order chi connectivity index (χ0) is 13.2. The highest BCUT2D eigenvalue weighted by molar-refractivity contribution is 8.01. The Morgan fingerprint density at radius 3 is 2.84 bits per heavy atom. The molecular formula is C13H9N3OS2. The summed E-state index contributed by atoms with van der Waals surface area (Å²) in [6, 6.07) is 11.3. The zero-order valence-corrected chi connectivity index (χ0v) is 11.4. The quantitative estimate of drug-likeness (QED) is 0.804. The van der Waals surface area contributed by atoms with Crippen molar-refractivity contribution >= 4 is 39.2 Å². The first-order chi connectivity index (χ1) is 9.24. The lowest BCUT2D eigenvalue weighted by Crippen LogP contribution is -2.12. The molecule has 0 unspecified atom stereocenters. The third-order valence-electron chi connectivity index (χ3n) is 2.49. The molecule has 3 aromatic rings. The summed E-state index contributed by atoms with van der Waals surface area (Å²) in [7, 11) is 0. The second-order valence-electron chi connectivity index (χ2n) is 3.77. The first kappa shape index (κ1) is 12.1. The first-order valence-corrected chi connectivity index (χ1v) is 7.15. The molecule has 2 aromatic heterocycles. The van der Waals surface area contributed by atoms with Crippen molar-refractivity contribution in [1.82, 2.24) is 9.97 Å². The molecule has 0 spiro atoms. The molecule has 6 heteroatoms. The van der Waals surface area contributed by atoms with E-state index >= 15 is 0 Å². The number of amides is 1. The fraction of sp³-hybridized carbons (Fsp3) is 0. The number of pyridine rings is 1. The van der Waals surface area contributed by atoms with Crippen LogP contribution in [0, 0.1) is 0 Å². The Bertz CT molecular complexity index is 721. The minimum Gasteiger partial charge on any atom is -0.366 e. The summed E-state index contributed by atoms with van der Waals surface area (Å²) in [5, 5.41) is 0.592. The Hall–Kier alpha value is -1.92. The lowest BCUT2D eigenvalue weighted by atomic mass is 10.3. The highest BCUT2D eigenvalue weighted by Gasteiger charge is 2.12. The van der Waals surface area contributed by atoms with Gasteiger partial charge in [0, 0.05) is 6.20 Å². The van der Waals surface area contributed by atoms with Crippen LogP contribution in [0.4, 0.5) is 0 Å². The number of fused-ring (bicyclic) bond motifs is 1. The van der Waals surface area contributed by atoms with Crippen molar-refractivity contribution < 1.29 is 4.79 Å². The van der Waals surface area contributed by atoms with E-state index in [-0.39, 0.29) is 0 Å². The molecule has 0 atom stereocenters. The van der Waals surface area contributed by atoms with E-state index in [1.54, 1.807) is 29.7 Å². The molecule has 94 valence electrons. The maximum absolute atomic E-state index is 11.3. The molecule has 0 aliphatic heterocycles. The molecule has 0 aliphatic rings. The van der Waals surface area contributed by atoms with Gasteiger partial charge in [-0.3, -0.25) is 4.79 Å². The number of thiazole rings is 1. The molecule has 19 heavy (non-hydrogen) atoms. The molecule has 0 bridgehead atoms. The van der Waals surface area contributed by atoms with Crippen molar-refractivity contribution in [3.8, 4) is 0 Å². The van der Waals surface area contributed by atoms with Gasteiger partial charge >= 0.3 is 0 Å². The minimum atomic E-state index is -0.475. The lowest BCUT2D eigenvalue weighted by molar-refractivity contribution is 0.0997. The summed E-state index contributed by atoms with van der Waals surface area (Å²) in [4.78, 5) is 20.0. The zero-order valence-electron chi connectivity index (χ0n) is 9.74. The minimum absolute atomic E-state index is 0.423. The van der Waals surface area contributed by atoms with Gasteiger partial charge in [0.15, 0.2) is 4.34 Å². The van der Waals surface area contributed by atoms with Crippen LogP contribution < -0.4 is 5.73 Å². The first-order valence-electron chi connectivity index (χ1n) is 5.52. The predicted octanol–water partition coefficient (Wildman–Crippen LogP) is 2.94. The smallest absolute Gasteiger partial charge is 0.251 e. The van der Waals surface area contributed by atoms with Crippen molar-refractivity contribution in [2.75, 3.05) is 0 Å². The van der Waals surface area contributed by atoms with E-state index in [4.69, 9.17) is 5.73 Å². The van der Waals surface area contributed by atoms with Gasteiger partial charge in [-0.15, -0.1) is 11.3 Å². The summed E-state index contributed by atoms with van der Waals surface area (Å²) in [5.74, 6) is -0.475. The summed E-state index contributed by atoms with van der Waals surface area (Å²) >= 11 is 2.94. The van der Waals surface area contributed by atoms with Gasteiger partial charge in [0.1, 0.15) is 5.03 Å². The summed E-state index contributed by atoms with van der Waals surface area (Å²) in [6.45, 7) is 0. The maximum atomic E-state index is 11.3. The fourth-order valence-corrected chi connectivity index (χ4v) is 3.71. The fourth-order valence-electron chi connectivity index (χ4n) is 1.64. The van der Waals surface area contributed by atoms with Crippen LogP contribution >= 0.6 is 23.1 Å². The molecule has 0 fully saturated rings. The van der Waals surface area contributed by atoms with E-state index in [1.807, 2.05) is 24.3 Å². The number of aromatic nitrogens is 2. The lowest BCUT2D eigenvalue weighted by Gasteiger charge is -2.01. The molecule has 3 rings (SSSR count). The average Bonchev–Trinajstić information content (AvgIpc) is 2.81. The van der Waals surface area contributed by atoms with E-state index in [0.717, 1.165) is 14.6 Å². The average molecular weight is 287 g/mol. The maximum Gasteiger partial charge on any atom is 0.251 e. The van der Waals surface area contributed by atoms with Crippen LogP contribution in [0.15, 0.2) is 52.0 Å². The van der Waals surface area contributed by atoms with Crippen LogP contribution in [-0.4, -0.2) is 15.9 Å². The van der Waals surface area contributed by atoms with Gasteiger partial charge < -0.3 is 5.73 Å². The second-order valence-corrected chi connectivity index (χ2v) is 6.04. The number of rotatable bonds is 3. The van der Waals surface area contributed by atoms with Gasteiger partial charge in [-0.1, -0.05) is 12.1 Å². The largest absolute Gasteiger partial charge is 0.366 e. The Balaban J connectivity index is 1.99. The number of carbonyl (C=O) groups is 1. The van der Waals surface area contributed by atoms with Gasteiger partial charge in [-0.25, -0.2) is 9.97 Å². The molecule has 2 N–H and O–H groups in total. The summed E-state index contributed by atoms with van der Waals surface area (Å²) in [6.07, 6.45) is 1.64. The topological polar surface area (TPSA) is 68.9 Å². The third kappa shape index (κ3) is 2.45. The highest BCUT2D eigenvalue weighted by atomic mass is 32.2. The Labute approximate surface area is 117 Å². The monoisotopic (exact) mass is 287 g/mol. The van der Waals surface area contributed by atoms with Gasteiger partial charge in [-0.2, -0.15) is 0 Å². The molecule has 4 nitrogen and oxygen atoms in total. The van der Waals surface area contributed by atoms with Gasteiger partial charge in [0.25, 0.3) is 5.91 Å². The number of para-hydroxylation sites is 1. The normalized spacial score (nSPS) is 10.7. The Morgan fingerprint density at radius 1 is 1.21 bits per heavy atom. The SMILES string of the molecule is NC(=O)c1cccnc1Sc1nc2ccccc2s1. The number of hydrogen-bond donors (Lipinski definition) is 1. The molecule has 1 aromatic carbocycles. The van der Waals surface area contributed by atoms with Crippen LogP contribution in [0.1, 0.15) is 10.4 Å². The van der Waals surface area contributed by atoms with E-state index in [2.05, 4.69) is 9.97 Å². The molecule has 0 radical (unpaired) electrons. The van der Waals surface area contributed by atoms with Crippen molar-refractivity contribution in [3.63, 3.8) is 0 Å². The van der Waals surface area contributed by atoms with Crippen LogP contribution in [-0.2, 0) is 0 Å². The Morgan fingerprint density at radius 2 is 2.05 bits per heavy atom. The van der Waals surface area contributed by atoms with E-state index in [1.165, 1.54) is 11.8 Å². The van der Waals surface area contributed by atoms with Gasteiger partial charge in [0.05, 0.1) is 15.8 Å². The van der Waals surface area contributed by atoms with Crippen molar-refractivity contribution in [1.29, 1.82) is 0 Å². The Kier molecular flexibility index (Phi) is 3.18. The predicted molar refractivity (Wildman–Crippen MR) is 76.5 cm³/mol. The van der Waals surface area contributed by atoms with Gasteiger partial charge in [-0.05, 0) is 36.0 Å².